The van der Waals surface area contributed by atoms with Crippen molar-refractivity contribution >= 4 is 11.8 Å². The number of rotatable bonds is 10. The number of aliphatic hydroxyl groups excluding tert-OH is 1. The molecule has 2 heterocycles. The first kappa shape index (κ1) is 28.4. The van der Waals surface area contributed by atoms with Gasteiger partial charge in [0.15, 0.2) is 5.82 Å². The summed E-state index contributed by atoms with van der Waals surface area (Å²) >= 11 is 0. The van der Waals surface area contributed by atoms with Gasteiger partial charge in [0.2, 0.25) is 6.29 Å². The minimum atomic E-state index is -0.916. The first-order chi connectivity index (χ1) is 20.0. The first-order valence-corrected chi connectivity index (χ1v) is 13.0. The molecule has 214 valence electrons. The van der Waals surface area contributed by atoms with Gasteiger partial charge in [-0.3, -0.25) is 5.32 Å². The fraction of sp³-hybridized carbons (Fsp3) is 0.267. The topological polar surface area (TPSA) is 115 Å². The maximum Gasteiger partial charge on any atom is 0.411 e. The Morgan fingerprint density at radius 2 is 1.68 bits per heavy atom. The Morgan fingerprint density at radius 3 is 2.34 bits per heavy atom. The number of aromatic nitrogens is 2. The van der Waals surface area contributed by atoms with Crippen molar-refractivity contribution in [3.05, 3.63) is 96.3 Å². The molecule has 3 aromatic carbocycles. The number of halogens is 2. The summed E-state index contributed by atoms with van der Waals surface area (Å²) in [5.74, 6) is -1.17. The van der Waals surface area contributed by atoms with E-state index in [0.29, 0.717) is 11.9 Å². The van der Waals surface area contributed by atoms with Crippen LogP contribution in [0.2, 0.25) is 0 Å². The molecular formula is C30H29F2N3O6. The van der Waals surface area contributed by atoms with Crippen molar-refractivity contribution < 1.29 is 37.6 Å². The second kappa shape index (κ2) is 13.0. The highest BCUT2D eigenvalue weighted by molar-refractivity contribution is 5.84. The number of aromatic amines is 1. The highest BCUT2D eigenvalue weighted by atomic mass is 19.1. The molecule has 1 fully saturated rings. The minimum absolute atomic E-state index is 0.0174. The van der Waals surface area contributed by atoms with Gasteiger partial charge in [0.25, 0.3) is 0 Å². The van der Waals surface area contributed by atoms with Gasteiger partial charge in [-0.25, -0.2) is 18.6 Å². The van der Waals surface area contributed by atoms with Crippen molar-refractivity contribution in [1.82, 2.24) is 9.97 Å². The zero-order valence-electron chi connectivity index (χ0n) is 22.0. The molecule has 9 nitrogen and oxygen atoms in total. The number of nitrogens with zero attached hydrogens (tertiary/aromatic N) is 1. The Hall–Kier alpha value is -4.16. The van der Waals surface area contributed by atoms with Crippen LogP contribution in [0.5, 0.6) is 0 Å². The summed E-state index contributed by atoms with van der Waals surface area (Å²) in [6.07, 6.45) is -1.68. The molecule has 11 heteroatoms. The molecule has 0 spiro atoms. The van der Waals surface area contributed by atoms with Gasteiger partial charge in [-0.2, -0.15) is 0 Å². The van der Waals surface area contributed by atoms with E-state index >= 15 is 0 Å². The molecule has 0 bridgehead atoms. The van der Waals surface area contributed by atoms with Gasteiger partial charge in [0.05, 0.1) is 55.5 Å². The Morgan fingerprint density at radius 1 is 1.00 bits per heavy atom. The second-order valence-electron chi connectivity index (χ2n) is 9.63. The number of carbonyl (C=O) groups is 1. The maximum absolute atomic E-state index is 13.7. The average molecular weight is 566 g/mol. The van der Waals surface area contributed by atoms with Gasteiger partial charge < -0.3 is 29.0 Å². The van der Waals surface area contributed by atoms with Crippen LogP contribution in [0.15, 0.2) is 78.9 Å². The van der Waals surface area contributed by atoms with E-state index in [1.165, 1.54) is 0 Å². The molecular weight excluding hydrogens is 536 g/mol. The summed E-state index contributed by atoms with van der Waals surface area (Å²) in [6.45, 7) is -0.00613. The molecule has 1 amide bonds. The van der Waals surface area contributed by atoms with Crippen molar-refractivity contribution in [3.63, 3.8) is 0 Å². The SMILES string of the molecule is O=C(Nc1ccc(F)cc1F)OCCOCC1(CO)COC(c2nc(-c3ccccc3)c(-c3ccccc3)[nH]2)OC1. The molecule has 0 radical (unpaired) electrons. The van der Waals surface area contributed by atoms with Crippen molar-refractivity contribution in [1.29, 1.82) is 0 Å². The molecule has 3 N–H and O–H groups in total. The van der Waals surface area contributed by atoms with Crippen LogP contribution >= 0.6 is 0 Å². The van der Waals surface area contributed by atoms with Gasteiger partial charge in [-0.05, 0) is 12.1 Å². The number of aliphatic hydroxyl groups is 1. The number of amides is 1. The number of benzene rings is 3. The lowest BCUT2D eigenvalue weighted by molar-refractivity contribution is -0.254. The highest BCUT2D eigenvalue weighted by Gasteiger charge is 2.39. The van der Waals surface area contributed by atoms with Crippen LogP contribution in [-0.4, -0.2) is 60.8 Å². The quantitative estimate of drug-likeness (QED) is 0.223. The van der Waals surface area contributed by atoms with Crippen LogP contribution in [0.1, 0.15) is 12.1 Å². The lowest BCUT2D eigenvalue weighted by Crippen LogP contribution is -2.45. The summed E-state index contributed by atoms with van der Waals surface area (Å²) in [5.41, 5.74) is 2.50. The Labute approximate surface area is 235 Å². The molecule has 1 saturated heterocycles. The zero-order chi connectivity index (χ0) is 28.7. The van der Waals surface area contributed by atoms with E-state index in [4.69, 9.17) is 23.9 Å². The number of ether oxygens (including phenoxy) is 4. The lowest BCUT2D eigenvalue weighted by Gasteiger charge is -2.37. The molecule has 4 aromatic rings. The number of hydrogen-bond acceptors (Lipinski definition) is 7. The average Bonchev–Trinajstić information content (AvgIpc) is 3.45. The molecule has 1 aliphatic rings. The van der Waals surface area contributed by atoms with Crippen LogP contribution in [0, 0.1) is 17.0 Å². The largest absolute Gasteiger partial charge is 0.447 e. The van der Waals surface area contributed by atoms with Gasteiger partial charge >= 0.3 is 6.09 Å². The summed E-state index contributed by atoms with van der Waals surface area (Å²) in [5, 5.41) is 12.3. The third-order valence-corrected chi connectivity index (χ3v) is 6.51. The number of hydrogen-bond donors (Lipinski definition) is 3. The van der Waals surface area contributed by atoms with E-state index < -0.39 is 29.4 Å². The number of H-pyrrole nitrogens is 1. The summed E-state index contributed by atoms with van der Waals surface area (Å²) in [4.78, 5) is 20.0. The highest BCUT2D eigenvalue weighted by Crippen LogP contribution is 2.35. The summed E-state index contributed by atoms with van der Waals surface area (Å²) < 4.78 is 49.2. The fourth-order valence-electron chi connectivity index (χ4n) is 4.31. The van der Waals surface area contributed by atoms with Gasteiger partial charge in [-0.1, -0.05) is 60.7 Å². The van der Waals surface area contributed by atoms with E-state index in [-0.39, 0.29) is 45.3 Å². The normalized spacial score (nSPS) is 18.7. The standard InChI is InChI=1S/C30H29F2N3O6/c31-22-11-12-24(23(32)15-22)33-29(37)39-14-13-38-17-30(16-36)18-40-28(41-19-30)27-34-25(20-7-3-1-4-8-20)26(35-27)21-9-5-2-6-10-21/h1-12,15,28,36H,13-14,16-19H2,(H,33,37)(H,34,35). The maximum atomic E-state index is 13.7. The van der Waals surface area contributed by atoms with Gasteiger partial charge in [0, 0.05) is 17.2 Å². The summed E-state index contributed by atoms with van der Waals surface area (Å²) in [6, 6.07) is 22.4. The van der Waals surface area contributed by atoms with E-state index in [9.17, 15) is 18.7 Å². The van der Waals surface area contributed by atoms with Crippen LogP contribution in [-0.2, 0) is 18.9 Å². The second-order valence-corrected chi connectivity index (χ2v) is 9.63. The monoisotopic (exact) mass is 565 g/mol. The Balaban J connectivity index is 1.14. The third kappa shape index (κ3) is 6.95. The van der Waals surface area contributed by atoms with Crippen LogP contribution in [0.3, 0.4) is 0 Å². The smallest absolute Gasteiger partial charge is 0.411 e. The zero-order valence-corrected chi connectivity index (χ0v) is 22.0. The molecule has 0 atom stereocenters. The molecule has 0 aliphatic carbocycles. The molecule has 0 saturated carbocycles. The lowest BCUT2D eigenvalue weighted by atomic mass is 9.91. The Bertz CT molecular complexity index is 1390. The Kier molecular flexibility index (Phi) is 9.00. The molecule has 0 unspecified atom stereocenters. The first-order valence-electron chi connectivity index (χ1n) is 13.0. The number of carbonyl (C=O) groups excluding carboxylic acids is 1. The van der Waals surface area contributed by atoms with E-state index in [2.05, 4.69) is 10.3 Å². The van der Waals surface area contributed by atoms with Crippen LogP contribution in [0.4, 0.5) is 19.3 Å². The van der Waals surface area contributed by atoms with E-state index in [1.54, 1.807) is 0 Å². The predicted octanol–water partition coefficient (Wildman–Crippen LogP) is 5.31. The van der Waals surface area contributed by atoms with Gasteiger partial charge in [-0.15, -0.1) is 0 Å². The summed E-state index contributed by atoms with van der Waals surface area (Å²) in [7, 11) is 0. The predicted molar refractivity (Wildman–Crippen MR) is 146 cm³/mol. The number of imidazole rings is 1. The third-order valence-electron chi connectivity index (χ3n) is 6.51. The van der Waals surface area contributed by atoms with Crippen molar-refractivity contribution in [2.24, 2.45) is 5.41 Å². The van der Waals surface area contributed by atoms with Gasteiger partial charge in [0.1, 0.15) is 18.2 Å². The molecule has 5 rings (SSSR count). The van der Waals surface area contributed by atoms with Crippen LogP contribution < -0.4 is 5.32 Å². The van der Waals surface area contributed by atoms with Crippen LogP contribution in [0.25, 0.3) is 22.5 Å². The number of nitrogens with one attached hydrogen (secondary N) is 2. The van der Waals surface area contributed by atoms with Crippen molar-refractivity contribution in [2.75, 3.05) is 45.0 Å². The van der Waals surface area contributed by atoms with E-state index in [0.717, 1.165) is 34.6 Å². The van der Waals surface area contributed by atoms with E-state index in [1.807, 2.05) is 60.7 Å². The number of anilines is 1. The molecule has 41 heavy (non-hydrogen) atoms. The van der Waals surface area contributed by atoms with Crippen molar-refractivity contribution in [2.45, 2.75) is 6.29 Å². The minimum Gasteiger partial charge on any atom is -0.447 e. The molecule has 1 aliphatic heterocycles. The fourth-order valence-corrected chi connectivity index (χ4v) is 4.31. The van der Waals surface area contributed by atoms with Crippen molar-refractivity contribution in [3.8, 4) is 22.5 Å². The molecule has 1 aromatic heterocycles.